The first-order valence-electron chi connectivity index (χ1n) is 4.47. The topological polar surface area (TPSA) is 50.2 Å². The molecule has 0 radical (unpaired) electrons. The first kappa shape index (κ1) is 12.3. The number of halogens is 2. The Bertz CT molecular complexity index is 359. The van der Waals surface area contributed by atoms with Crippen LogP contribution >= 0.6 is 23.2 Å². The van der Waals surface area contributed by atoms with Gasteiger partial charge in [-0.1, -0.05) is 37.0 Å². The van der Waals surface area contributed by atoms with Crippen LogP contribution in [0.15, 0.2) is 12.1 Å². The Morgan fingerprint density at radius 3 is 2.13 bits per heavy atom. The average molecular weight is 248 g/mol. The van der Waals surface area contributed by atoms with Crippen LogP contribution in [0.4, 0.5) is 0 Å². The number of pyridine rings is 1. The summed E-state index contributed by atoms with van der Waals surface area (Å²) in [5, 5.41) is 9.50. The molecule has 1 atom stereocenters. The molecule has 5 heteroatoms. The van der Waals surface area contributed by atoms with E-state index in [1.54, 1.807) is 0 Å². The van der Waals surface area contributed by atoms with Crippen LogP contribution < -0.4 is 0 Å². The number of carbonyl (C=O) groups is 1. The molecule has 0 aliphatic heterocycles. The highest BCUT2D eigenvalue weighted by atomic mass is 35.5. The molecule has 0 aliphatic rings. The molecule has 0 saturated heterocycles. The van der Waals surface area contributed by atoms with Crippen molar-refractivity contribution in [3.05, 3.63) is 28.0 Å². The summed E-state index contributed by atoms with van der Waals surface area (Å²) < 4.78 is 0. The van der Waals surface area contributed by atoms with E-state index >= 15 is 0 Å². The molecule has 1 unspecified atom stereocenters. The maximum Gasteiger partial charge on any atom is 0.311 e. The lowest BCUT2D eigenvalue weighted by Crippen LogP contribution is -2.17. The van der Waals surface area contributed by atoms with Gasteiger partial charge in [0, 0.05) is 0 Å². The highest BCUT2D eigenvalue weighted by Gasteiger charge is 2.24. The summed E-state index contributed by atoms with van der Waals surface area (Å²) in [6, 6.07) is 3.07. The summed E-state index contributed by atoms with van der Waals surface area (Å²) in [5.74, 6) is -1.52. The van der Waals surface area contributed by atoms with E-state index in [2.05, 4.69) is 4.98 Å². The largest absolute Gasteiger partial charge is 0.481 e. The van der Waals surface area contributed by atoms with Crippen molar-refractivity contribution >= 4 is 29.2 Å². The van der Waals surface area contributed by atoms with E-state index in [-0.39, 0.29) is 16.2 Å². The number of aliphatic carboxylic acids is 1. The molecular weight excluding hydrogens is 237 g/mol. The summed E-state index contributed by atoms with van der Waals surface area (Å²) in [6.07, 6.45) is 0. The van der Waals surface area contributed by atoms with Crippen LogP contribution in [0, 0.1) is 5.92 Å². The van der Waals surface area contributed by atoms with Crippen molar-refractivity contribution in [3.63, 3.8) is 0 Å². The van der Waals surface area contributed by atoms with Crippen LogP contribution in [-0.4, -0.2) is 16.1 Å². The van der Waals surface area contributed by atoms with Gasteiger partial charge in [0.1, 0.15) is 10.3 Å². The summed E-state index contributed by atoms with van der Waals surface area (Å²) in [7, 11) is 0. The minimum Gasteiger partial charge on any atom is -0.481 e. The number of carboxylic acid groups (broad SMARTS) is 1. The number of hydrogen-bond acceptors (Lipinski definition) is 2. The van der Waals surface area contributed by atoms with Crippen LogP contribution in [0.5, 0.6) is 0 Å². The maximum absolute atomic E-state index is 11.1. The smallest absolute Gasteiger partial charge is 0.311 e. The van der Waals surface area contributed by atoms with Gasteiger partial charge in [0.15, 0.2) is 0 Å². The van der Waals surface area contributed by atoms with Crippen molar-refractivity contribution in [2.75, 3.05) is 0 Å². The Balaban J connectivity index is 3.17. The minimum atomic E-state index is -0.886. The second-order valence-electron chi connectivity index (χ2n) is 3.61. The standard InChI is InChI=1S/C10H11Cl2NO2/c1-5(2)9(10(14)15)6-3-7(11)13-8(12)4-6/h3-5,9H,1-2H3,(H,14,15). The molecule has 1 rings (SSSR count). The zero-order valence-corrected chi connectivity index (χ0v) is 9.88. The van der Waals surface area contributed by atoms with E-state index < -0.39 is 11.9 Å². The predicted octanol–water partition coefficient (Wildman–Crippen LogP) is 3.21. The zero-order valence-electron chi connectivity index (χ0n) is 8.37. The van der Waals surface area contributed by atoms with Crippen molar-refractivity contribution in [1.82, 2.24) is 4.98 Å². The Morgan fingerprint density at radius 1 is 1.33 bits per heavy atom. The fourth-order valence-electron chi connectivity index (χ4n) is 1.48. The highest BCUT2D eigenvalue weighted by molar-refractivity contribution is 6.32. The molecule has 0 spiro atoms. The lowest BCUT2D eigenvalue weighted by atomic mass is 9.89. The molecule has 1 aromatic heterocycles. The number of rotatable bonds is 3. The average Bonchev–Trinajstić information content (AvgIpc) is 1.99. The van der Waals surface area contributed by atoms with Crippen molar-refractivity contribution in [1.29, 1.82) is 0 Å². The molecule has 15 heavy (non-hydrogen) atoms. The third-order valence-electron chi connectivity index (χ3n) is 2.08. The second kappa shape index (κ2) is 4.81. The van der Waals surface area contributed by atoms with Gasteiger partial charge in [0.25, 0.3) is 0 Å². The third-order valence-corrected chi connectivity index (χ3v) is 2.46. The SMILES string of the molecule is CC(C)C(C(=O)O)c1cc(Cl)nc(Cl)c1. The van der Waals surface area contributed by atoms with Crippen molar-refractivity contribution in [3.8, 4) is 0 Å². The molecule has 82 valence electrons. The van der Waals surface area contributed by atoms with Crippen molar-refractivity contribution in [2.45, 2.75) is 19.8 Å². The predicted molar refractivity (Wildman–Crippen MR) is 59.5 cm³/mol. The molecule has 0 amide bonds. The van der Waals surface area contributed by atoms with Gasteiger partial charge in [-0.3, -0.25) is 4.79 Å². The van der Waals surface area contributed by atoms with Gasteiger partial charge < -0.3 is 5.11 Å². The first-order valence-corrected chi connectivity index (χ1v) is 5.23. The fourth-order valence-corrected chi connectivity index (χ4v) is 1.95. The Kier molecular flexibility index (Phi) is 3.94. The van der Waals surface area contributed by atoms with Crippen LogP contribution in [0.2, 0.25) is 10.3 Å². The van der Waals surface area contributed by atoms with Crippen LogP contribution in [-0.2, 0) is 4.79 Å². The molecule has 3 nitrogen and oxygen atoms in total. The normalized spacial score (nSPS) is 12.9. The van der Waals surface area contributed by atoms with Crippen LogP contribution in [0.3, 0.4) is 0 Å². The molecule has 0 aliphatic carbocycles. The molecular formula is C10H11Cl2NO2. The quantitative estimate of drug-likeness (QED) is 0.835. The minimum absolute atomic E-state index is 0.0305. The van der Waals surface area contributed by atoms with E-state index in [4.69, 9.17) is 28.3 Å². The number of nitrogens with zero attached hydrogens (tertiary/aromatic N) is 1. The van der Waals surface area contributed by atoms with Gasteiger partial charge in [-0.25, -0.2) is 4.98 Å². The van der Waals surface area contributed by atoms with E-state index in [1.807, 2.05) is 13.8 Å². The molecule has 1 aromatic rings. The number of hydrogen-bond donors (Lipinski definition) is 1. The van der Waals surface area contributed by atoms with Gasteiger partial charge in [-0.15, -0.1) is 0 Å². The summed E-state index contributed by atoms with van der Waals surface area (Å²) in [5.41, 5.74) is 0.586. The molecule has 0 bridgehead atoms. The zero-order chi connectivity index (χ0) is 11.6. The lowest BCUT2D eigenvalue weighted by molar-refractivity contribution is -0.139. The Morgan fingerprint density at radius 2 is 1.80 bits per heavy atom. The van der Waals surface area contributed by atoms with Gasteiger partial charge in [-0.05, 0) is 23.6 Å². The third kappa shape index (κ3) is 3.08. The van der Waals surface area contributed by atoms with E-state index in [1.165, 1.54) is 12.1 Å². The van der Waals surface area contributed by atoms with Crippen molar-refractivity contribution in [2.24, 2.45) is 5.92 Å². The highest BCUT2D eigenvalue weighted by Crippen LogP contribution is 2.28. The molecule has 1 N–H and O–H groups in total. The fraction of sp³-hybridized carbons (Fsp3) is 0.400. The van der Waals surface area contributed by atoms with Crippen LogP contribution in [0.1, 0.15) is 25.3 Å². The van der Waals surface area contributed by atoms with Crippen LogP contribution in [0.25, 0.3) is 0 Å². The Labute approximate surface area is 98.0 Å². The lowest BCUT2D eigenvalue weighted by Gasteiger charge is -2.16. The molecule has 1 heterocycles. The van der Waals surface area contributed by atoms with E-state index in [0.29, 0.717) is 5.56 Å². The molecule has 0 aromatic carbocycles. The Hall–Kier alpha value is -0.800. The number of carboxylic acids is 1. The van der Waals surface area contributed by atoms with Gasteiger partial charge in [0.2, 0.25) is 0 Å². The maximum atomic E-state index is 11.1. The van der Waals surface area contributed by atoms with Crippen molar-refractivity contribution < 1.29 is 9.90 Å². The molecule has 0 fully saturated rings. The monoisotopic (exact) mass is 247 g/mol. The summed E-state index contributed by atoms with van der Waals surface area (Å²) in [4.78, 5) is 14.8. The second-order valence-corrected chi connectivity index (χ2v) is 4.38. The first-order chi connectivity index (χ1) is 6.91. The summed E-state index contributed by atoms with van der Waals surface area (Å²) >= 11 is 11.4. The number of aromatic nitrogens is 1. The summed E-state index contributed by atoms with van der Waals surface area (Å²) in [6.45, 7) is 3.67. The molecule has 0 saturated carbocycles. The van der Waals surface area contributed by atoms with Gasteiger partial charge in [0.05, 0.1) is 5.92 Å². The van der Waals surface area contributed by atoms with Gasteiger partial charge >= 0.3 is 5.97 Å². The van der Waals surface area contributed by atoms with E-state index in [9.17, 15) is 4.79 Å². The van der Waals surface area contributed by atoms with E-state index in [0.717, 1.165) is 0 Å². The van der Waals surface area contributed by atoms with Gasteiger partial charge in [-0.2, -0.15) is 0 Å².